The highest BCUT2D eigenvalue weighted by molar-refractivity contribution is 6.02. The van der Waals surface area contributed by atoms with Crippen molar-refractivity contribution in [3.63, 3.8) is 0 Å². The van der Waals surface area contributed by atoms with Crippen molar-refractivity contribution >= 4 is 5.84 Å². The summed E-state index contributed by atoms with van der Waals surface area (Å²) in [6, 6.07) is 17.3. The molecule has 112 valence electrons. The average molecular weight is 294 g/mol. The van der Waals surface area contributed by atoms with Crippen molar-refractivity contribution in [2.24, 2.45) is 4.99 Å². The van der Waals surface area contributed by atoms with E-state index in [4.69, 9.17) is 0 Å². The molecule has 0 saturated heterocycles. The number of aliphatic hydroxyl groups excluding tert-OH is 1. The summed E-state index contributed by atoms with van der Waals surface area (Å²) in [5, 5.41) is 22.1. The SMILES string of the molecule is OC(c1ccccc1)C1(O)Cc2ccccc2C2=NCCN21. The second kappa shape index (κ2) is 4.93. The van der Waals surface area contributed by atoms with Gasteiger partial charge in [-0.2, -0.15) is 0 Å². The fraction of sp³-hybridized carbons (Fsp3) is 0.278. The van der Waals surface area contributed by atoms with Gasteiger partial charge < -0.3 is 15.1 Å². The van der Waals surface area contributed by atoms with Crippen molar-refractivity contribution in [1.82, 2.24) is 4.90 Å². The number of rotatable bonds is 2. The van der Waals surface area contributed by atoms with Crippen LogP contribution in [0.5, 0.6) is 0 Å². The summed E-state index contributed by atoms with van der Waals surface area (Å²) >= 11 is 0. The van der Waals surface area contributed by atoms with Crippen LogP contribution in [-0.4, -0.2) is 39.8 Å². The molecule has 0 saturated carbocycles. The van der Waals surface area contributed by atoms with Gasteiger partial charge in [-0.05, 0) is 11.1 Å². The average Bonchev–Trinajstić information content (AvgIpc) is 3.06. The molecule has 2 N–H and O–H groups in total. The van der Waals surface area contributed by atoms with Crippen LogP contribution in [0.3, 0.4) is 0 Å². The van der Waals surface area contributed by atoms with Crippen LogP contribution in [0, 0.1) is 0 Å². The van der Waals surface area contributed by atoms with Gasteiger partial charge >= 0.3 is 0 Å². The van der Waals surface area contributed by atoms with E-state index in [1.54, 1.807) is 0 Å². The van der Waals surface area contributed by atoms with E-state index in [0.717, 1.165) is 22.5 Å². The summed E-state index contributed by atoms with van der Waals surface area (Å²) in [7, 11) is 0. The molecule has 0 radical (unpaired) electrons. The van der Waals surface area contributed by atoms with Gasteiger partial charge in [0.1, 0.15) is 11.9 Å². The lowest BCUT2D eigenvalue weighted by atomic mass is 9.85. The van der Waals surface area contributed by atoms with Crippen LogP contribution >= 0.6 is 0 Å². The Bertz CT molecular complexity index is 729. The predicted molar refractivity (Wildman–Crippen MR) is 84.6 cm³/mol. The third-order valence-electron chi connectivity index (χ3n) is 4.57. The molecular weight excluding hydrogens is 276 g/mol. The Hall–Kier alpha value is -2.17. The van der Waals surface area contributed by atoms with Crippen LogP contribution in [0.1, 0.15) is 22.8 Å². The molecule has 2 atom stereocenters. The molecule has 2 aliphatic rings. The Morgan fingerprint density at radius 2 is 1.77 bits per heavy atom. The maximum absolute atomic E-state index is 11.3. The highest BCUT2D eigenvalue weighted by Crippen LogP contribution is 2.39. The molecule has 4 nitrogen and oxygen atoms in total. The topological polar surface area (TPSA) is 56.1 Å². The molecule has 0 aromatic heterocycles. The molecular formula is C18H18N2O2. The molecule has 0 amide bonds. The number of aliphatic imine (C=N–C) groups is 1. The number of nitrogens with zero attached hydrogens (tertiary/aromatic N) is 2. The molecule has 0 fully saturated rings. The van der Waals surface area contributed by atoms with E-state index < -0.39 is 11.8 Å². The van der Waals surface area contributed by atoms with E-state index in [2.05, 4.69) is 4.99 Å². The number of benzene rings is 2. The largest absolute Gasteiger partial charge is 0.383 e. The Balaban J connectivity index is 1.81. The highest BCUT2D eigenvalue weighted by atomic mass is 16.4. The molecule has 4 rings (SSSR count). The van der Waals surface area contributed by atoms with Crippen molar-refractivity contribution in [3.8, 4) is 0 Å². The second-order valence-electron chi connectivity index (χ2n) is 5.88. The van der Waals surface area contributed by atoms with Gasteiger partial charge in [-0.15, -0.1) is 0 Å². The zero-order valence-corrected chi connectivity index (χ0v) is 12.2. The summed E-state index contributed by atoms with van der Waals surface area (Å²) in [6.45, 7) is 1.28. The van der Waals surface area contributed by atoms with Crippen molar-refractivity contribution in [1.29, 1.82) is 0 Å². The minimum atomic E-state index is -1.36. The molecule has 22 heavy (non-hydrogen) atoms. The van der Waals surface area contributed by atoms with Crippen molar-refractivity contribution in [3.05, 3.63) is 71.3 Å². The second-order valence-corrected chi connectivity index (χ2v) is 5.88. The molecule has 2 aromatic rings. The van der Waals surface area contributed by atoms with Gasteiger partial charge in [-0.3, -0.25) is 4.99 Å². The molecule has 2 aliphatic heterocycles. The Kier molecular flexibility index (Phi) is 3.03. The van der Waals surface area contributed by atoms with Gasteiger partial charge in [0.05, 0.1) is 6.54 Å². The first-order valence-electron chi connectivity index (χ1n) is 7.56. The fourth-order valence-corrected chi connectivity index (χ4v) is 3.47. The first-order chi connectivity index (χ1) is 10.7. The van der Waals surface area contributed by atoms with Crippen LogP contribution in [0.25, 0.3) is 0 Å². The zero-order chi connectivity index (χ0) is 15.2. The molecule has 0 bridgehead atoms. The van der Waals surface area contributed by atoms with Crippen LogP contribution in [0.15, 0.2) is 59.6 Å². The van der Waals surface area contributed by atoms with Gasteiger partial charge in [0.25, 0.3) is 0 Å². The van der Waals surface area contributed by atoms with Crippen molar-refractivity contribution < 1.29 is 10.2 Å². The van der Waals surface area contributed by atoms with Gasteiger partial charge in [0, 0.05) is 18.5 Å². The van der Waals surface area contributed by atoms with Crippen molar-refractivity contribution in [2.75, 3.05) is 13.1 Å². The van der Waals surface area contributed by atoms with Gasteiger partial charge in [0.15, 0.2) is 5.72 Å². The number of aliphatic hydroxyl groups is 2. The maximum atomic E-state index is 11.3. The highest BCUT2D eigenvalue weighted by Gasteiger charge is 2.48. The van der Waals surface area contributed by atoms with E-state index >= 15 is 0 Å². The lowest BCUT2D eigenvalue weighted by molar-refractivity contribution is -0.153. The minimum absolute atomic E-state index is 0.387. The summed E-state index contributed by atoms with van der Waals surface area (Å²) in [4.78, 5) is 6.40. The van der Waals surface area contributed by atoms with E-state index in [9.17, 15) is 10.2 Å². The number of amidine groups is 1. The summed E-state index contributed by atoms with van der Waals surface area (Å²) in [6.07, 6.45) is -0.594. The van der Waals surface area contributed by atoms with E-state index in [1.165, 1.54) is 0 Å². The van der Waals surface area contributed by atoms with Crippen molar-refractivity contribution in [2.45, 2.75) is 18.2 Å². The quantitative estimate of drug-likeness (QED) is 0.887. The Morgan fingerprint density at radius 1 is 1.05 bits per heavy atom. The first kappa shape index (κ1) is 13.5. The third-order valence-corrected chi connectivity index (χ3v) is 4.57. The number of hydrogen-bond donors (Lipinski definition) is 2. The van der Waals surface area contributed by atoms with Crippen LogP contribution in [-0.2, 0) is 6.42 Å². The van der Waals surface area contributed by atoms with Gasteiger partial charge in [-0.1, -0.05) is 54.6 Å². The monoisotopic (exact) mass is 294 g/mol. The number of hydrogen-bond acceptors (Lipinski definition) is 4. The molecule has 2 aromatic carbocycles. The first-order valence-corrected chi connectivity index (χ1v) is 7.56. The Morgan fingerprint density at radius 3 is 2.59 bits per heavy atom. The fourth-order valence-electron chi connectivity index (χ4n) is 3.47. The van der Waals surface area contributed by atoms with Crippen LogP contribution < -0.4 is 0 Å². The Labute approximate surface area is 129 Å². The van der Waals surface area contributed by atoms with Gasteiger partial charge in [-0.25, -0.2) is 0 Å². The summed E-state index contributed by atoms with van der Waals surface area (Å²) in [5.74, 6) is 0.791. The molecule has 4 heteroatoms. The van der Waals surface area contributed by atoms with Crippen LogP contribution in [0.2, 0.25) is 0 Å². The minimum Gasteiger partial charge on any atom is -0.383 e. The predicted octanol–water partition coefficient (Wildman–Crippen LogP) is 1.73. The molecule has 0 aliphatic carbocycles. The lowest BCUT2D eigenvalue weighted by Crippen LogP contribution is -2.58. The molecule has 0 spiro atoms. The van der Waals surface area contributed by atoms with E-state index in [1.807, 2.05) is 59.5 Å². The standard InChI is InChI=1S/C18H18N2O2/c21-16(13-6-2-1-3-7-13)18(22)12-14-8-4-5-9-15(14)17-19-10-11-20(17)18/h1-9,16,21-22H,10-12H2. The van der Waals surface area contributed by atoms with Crippen LogP contribution in [0.4, 0.5) is 0 Å². The van der Waals surface area contributed by atoms with Gasteiger partial charge in [0.2, 0.25) is 0 Å². The smallest absolute Gasteiger partial charge is 0.173 e. The molecule has 2 unspecified atom stereocenters. The number of fused-ring (bicyclic) bond motifs is 3. The summed E-state index contributed by atoms with van der Waals surface area (Å²) < 4.78 is 0. The normalized spacial score (nSPS) is 24.5. The molecule has 2 heterocycles. The third kappa shape index (κ3) is 1.88. The maximum Gasteiger partial charge on any atom is 0.173 e. The lowest BCUT2D eigenvalue weighted by Gasteiger charge is -2.46. The van der Waals surface area contributed by atoms with E-state index in [-0.39, 0.29) is 0 Å². The zero-order valence-electron chi connectivity index (χ0n) is 12.2. The van der Waals surface area contributed by atoms with E-state index in [0.29, 0.717) is 19.5 Å². The summed E-state index contributed by atoms with van der Waals surface area (Å²) in [5.41, 5.74) is 1.45.